The molecule has 2 N–H and O–H groups in total. The molecule has 6 rings (SSSR count). The zero-order valence-corrected chi connectivity index (χ0v) is 31.4. The number of rotatable bonds is 12. The fourth-order valence-corrected chi connectivity index (χ4v) is 7.17. The first-order chi connectivity index (χ1) is 24.4. The largest absolute Gasteiger partial charge is 0.473 e. The lowest BCUT2D eigenvalue weighted by atomic mass is 9.92. The van der Waals surface area contributed by atoms with Crippen molar-refractivity contribution >= 4 is 31.0 Å². The van der Waals surface area contributed by atoms with Crippen molar-refractivity contribution in [2.75, 3.05) is 25.0 Å². The topological polar surface area (TPSA) is 111 Å². The van der Waals surface area contributed by atoms with E-state index in [1.54, 1.807) is 0 Å². The number of nitrogens with zero attached hydrogens (tertiary/aromatic N) is 4. The number of benzene rings is 3. The van der Waals surface area contributed by atoms with Crippen molar-refractivity contribution in [3.8, 4) is 23.0 Å². The number of pyridine rings is 1. The maximum absolute atomic E-state index is 11.9. The van der Waals surface area contributed by atoms with Crippen LogP contribution in [-0.4, -0.2) is 64.9 Å². The highest BCUT2D eigenvalue weighted by molar-refractivity contribution is 6.74. The van der Waals surface area contributed by atoms with E-state index in [0.29, 0.717) is 51.1 Å². The average Bonchev–Trinajstić information content (AvgIpc) is 3.44. The molecule has 1 aliphatic rings. The van der Waals surface area contributed by atoms with Crippen LogP contribution >= 0.6 is 0 Å². The average molecular weight is 708 g/mol. The van der Waals surface area contributed by atoms with E-state index < -0.39 is 14.4 Å². The second-order valence-corrected chi connectivity index (χ2v) is 19.7. The predicted molar refractivity (Wildman–Crippen MR) is 204 cm³/mol. The molecular weight excluding hydrogens is 659 g/mol. The maximum Gasteiger partial charge on any atom is 0.407 e. The van der Waals surface area contributed by atoms with Gasteiger partial charge in [-0.3, -0.25) is 4.68 Å². The first-order valence-corrected chi connectivity index (χ1v) is 20.5. The van der Waals surface area contributed by atoms with E-state index in [9.17, 15) is 9.90 Å². The lowest BCUT2D eigenvalue weighted by molar-refractivity contribution is 0.0959. The molecule has 0 bridgehead atoms. The van der Waals surface area contributed by atoms with Gasteiger partial charge < -0.3 is 29.2 Å². The minimum atomic E-state index is -2.02. The Hall–Kier alpha value is -4.87. The molecule has 2 aromatic heterocycles. The molecule has 0 spiro atoms. The summed E-state index contributed by atoms with van der Waals surface area (Å²) in [6, 6.07) is 30.1. The number of amides is 1. The highest BCUT2D eigenvalue weighted by atomic mass is 28.4. The van der Waals surface area contributed by atoms with Crippen LogP contribution in [0, 0.1) is 5.92 Å². The van der Waals surface area contributed by atoms with E-state index in [0.717, 1.165) is 39.0 Å². The quantitative estimate of drug-likeness (QED) is 0.124. The molecule has 1 fully saturated rings. The van der Waals surface area contributed by atoms with Crippen molar-refractivity contribution in [1.82, 2.24) is 19.7 Å². The molecule has 3 heterocycles. The van der Waals surface area contributed by atoms with Crippen molar-refractivity contribution in [2.45, 2.75) is 64.6 Å². The number of nitrogens with one attached hydrogen (secondary N) is 1. The summed E-state index contributed by atoms with van der Waals surface area (Å²) in [7, 11) is -0.0792. The Bertz CT molecular complexity index is 1940. The van der Waals surface area contributed by atoms with Crippen molar-refractivity contribution in [1.29, 1.82) is 0 Å². The smallest absolute Gasteiger partial charge is 0.407 e. The first kappa shape index (κ1) is 35.9. The highest BCUT2D eigenvalue weighted by Gasteiger charge is 2.39. The fraction of sp³-hybridized carbons (Fsp3) is 0.375. The monoisotopic (exact) mass is 707 g/mol. The summed E-state index contributed by atoms with van der Waals surface area (Å²) < 4.78 is 20.9. The molecule has 11 heteroatoms. The van der Waals surface area contributed by atoms with E-state index in [2.05, 4.69) is 57.4 Å². The van der Waals surface area contributed by atoms with Crippen LogP contribution in [0.1, 0.15) is 38.3 Å². The van der Waals surface area contributed by atoms with Crippen LogP contribution < -0.4 is 14.8 Å². The molecule has 2 atom stereocenters. The van der Waals surface area contributed by atoms with Gasteiger partial charge in [-0.2, -0.15) is 10.1 Å². The molecule has 0 unspecified atom stereocenters. The summed E-state index contributed by atoms with van der Waals surface area (Å²) in [5, 5.41) is 19.5. The molecule has 1 amide bonds. The van der Waals surface area contributed by atoms with E-state index in [1.165, 1.54) is 4.90 Å². The Balaban J connectivity index is 1.26. The standard InChI is InChI=1S/C40H49N5O5Si/c1-40(2,3)51(5,6)50-27-30-24-45(39(46)47)22-21-34(30)41-31-17-18-32-35(23-31)44(4)43-37(32)33-19-20-36(48-25-28-13-9-7-10-14-28)42-38(33)49-26-29-15-11-8-12-16-29/h7-20,23,30,34,41H,21-22,24-27H2,1-6H3,(H,46,47)/t30-,34-/m1/s1. The number of aromatic nitrogens is 3. The zero-order valence-electron chi connectivity index (χ0n) is 30.4. The maximum atomic E-state index is 11.9. The Labute approximate surface area is 301 Å². The Morgan fingerprint density at radius 1 is 0.941 bits per heavy atom. The van der Waals surface area contributed by atoms with Crippen LogP contribution in [0.2, 0.25) is 18.1 Å². The van der Waals surface area contributed by atoms with E-state index in [1.807, 2.05) is 84.5 Å². The van der Waals surface area contributed by atoms with Crippen molar-refractivity contribution < 1.29 is 23.8 Å². The van der Waals surface area contributed by atoms with Gasteiger partial charge >= 0.3 is 6.09 Å². The van der Waals surface area contributed by atoms with E-state index in [-0.39, 0.29) is 17.0 Å². The number of fused-ring (bicyclic) bond motifs is 1. The van der Waals surface area contributed by atoms with Crippen LogP contribution in [0.25, 0.3) is 22.2 Å². The minimum absolute atomic E-state index is 0.0137. The predicted octanol–water partition coefficient (Wildman–Crippen LogP) is 8.60. The second kappa shape index (κ2) is 15.2. The third-order valence-corrected chi connectivity index (χ3v) is 14.7. The number of hydrogen-bond donors (Lipinski definition) is 2. The number of ether oxygens (including phenoxy) is 2. The van der Waals surface area contributed by atoms with E-state index >= 15 is 0 Å². The molecule has 51 heavy (non-hydrogen) atoms. The van der Waals surface area contributed by atoms with Gasteiger partial charge in [0.2, 0.25) is 11.8 Å². The highest BCUT2D eigenvalue weighted by Crippen LogP contribution is 2.38. The summed E-state index contributed by atoms with van der Waals surface area (Å²) in [4.78, 5) is 18.2. The summed E-state index contributed by atoms with van der Waals surface area (Å²) in [6.45, 7) is 13.3. The number of hydrogen-bond acceptors (Lipinski definition) is 7. The number of anilines is 1. The molecule has 3 aromatic carbocycles. The van der Waals surface area contributed by atoms with Gasteiger partial charge in [-0.15, -0.1) is 0 Å². The molecule has 10 nitrogen and oxygen atoms in total. The third-order valence-electron chi connectivity index (χ3n) is 10.2. The molecule has 268 valence electrons. The summed E-state index contributed by atoms with van der Waals surface area (Å²) >= 11 is 0. The Morgan fingerprint density at radius 3 is 2.25 bits per heavy atom. The van der Waals surface area contributed by atoms with Gasteiger partial charge in [0.15, 0.2) is 8.32 Å². The molecule has 0 saturated carbocycles. The summed E-state index contributed by atoms with van der Waals surface area (Å²) in [5.41, 5.74) is 5.52. The second-order valence-electron chi connectivity index (χ2n) is 14.9. The van der Waals surface area contributed by atoms with Crippen LogP contribution in [0.15, 0.2) is 91.0 Å². The lowest BCUT2D eigenvalue weighted by Gasteiger charge is -2.42. The van der Waals surface area contributed by atoms with Crippen molar-refractivity contribution in [3.63, 3.8) is 0 Å². The molecule has 1 saturated heterocycles. The van der Waals surface area contributed by atoms with Crippen molar-refractivity contribution in [3.05, 3.63) is 102 Å². The van der Waals surface area contributed by atoms with Gasteiger partial charge in [0.25, 0.3) is 0 Å². The van der Waals surface area contributed by atoms with E-state index in [4.69, 9.17) is 24.0 Å². The van der Waals surface area contributed by atoms with Gasteiger partial charge in [-0.05, 0) is 59.9 Å². The van der Waals surface area contributed by atoms with Gasteiger partial charge in [-0.25, -0.2) is 4.79 Å². The van der Waals surface area contributed by atoms with Crippen molar-refractivity contribution in [2.24, 2.45) is 13.0 Å². The molecular formula is C40H49N5O5Si. The zero-order chi connectivity index (χ0) is 36.2. The number of carbonyl (C=O) groups is 1. The third kappa shape index (κ3) is 8.54. The number of likely N-dealkylation sites (tertiary alicyclic amines) is 1. The summed E-state index contributed by atoms with van der Waals surface area (Å²) in [6.07, 6.45) is -0.189. The molecule has 1 aliphatic heterocycles. The number of carboxylic acid groups (broad SMARTS) is 1. The Morgan fingerprint density at radius 2 is 1.61 bits per heavy atom. The lowest BCUT2D eigenvalue weighted by Crippen LogP contribution is -2.51. The van der Waals surface area contributed by atoms with Crippen LogP contribution in [0.4, 0.5) is 10.5 Å². The van der Waals surface area contributed by atoms with Crippen LogP contribution in [0.5, 0.6) is 11.8 Å². The molecule has 5 aromatic rings. The Kier molecular flexibility index (Phi) is 10.7. The SMILES string of the molecule is Cn1nc(-c2ccc(OCc3ccccc3)nc2OCc2ccccc2)c2ccc(N[C@@H]3CCN(C(=O)O)C[C@@H]3CO[Si](C)(C)C(C)(C)C)cc21. The first-order valence-electron chi connectivity index (χ1n) is 17.6. The van der Waals surface area contributed by atoms with Gasteiger partial charge in [0, 0.05) is 55.8 Å². The van der Waals surface area contributed by atoms with Gasteiger partial charge in [-0.1, -0.05) is 81.4 Å². The van der Waals surface area contributed by atoms with Gasteiger partial charge in [0.1, 0.15) is 18.9 Å². The normalized spacial score (nSPS) is 16.6. The van der Waals surface area contributed by atoms with Crippen LogP contribution in [-0.2, 0) is 24.7 Å². The number of piperidine rings is 1. The van der Waals surface area contributed by atoms with Crippen LogP contribution in [0.3, 0.4) is 0 Å². The fourth-order valence-electron chi connectivity index (χ4n) is 6.11. The van der Waals surface area contributed by atoms with Gasteiger partial charge in [0.05, 0.1) is 11.1 Å². The number of aryl methyl sites for hydroxylation is 1. The molecule has 0 aliphatic carbocycles. The molecule has 0 radical (unpaired) electrons. The minimum Gasteiger partial charge on any atom is -0.473 e. The summed E-state index contributed by atoms with van der Waals surface area (Å²) in [5.74, 6) is 0.930.